The lowest BCUT2D eigenvalue weighted by Crippen LogP contribution is -2.38. The van der Waals surface area contributed by atoms with E-state index in [4.69, 9.17) is 9.26 Å². The summed E-state index contributed by atoms with van der Waals surface area (Å²) in [4.78, 5) is 6.60. The van der Waals surface area contributed by atoms with Gasteiger partial charge >= 0.3 is 0 Å². The number of aromatic nitrogens is 2. The second-order valence-electron chi connectivity index (χ2n) is 4.89. The van der Waals surface area contributed by atoms with Gasteiger partial charge in [0.05, 0.1) is 6.61 Å². The Balaban J connectivity index is 1.64. The van der Waals surface area contributed by atoms with Crippen LogP contribution >= 0.6 is 15.9 Å². The van der Waals surface area contributed by atoms with E-state index in [1.807, 2.05) is 0 Å². The molecular formula is C14H16BrN3O2. The molecular weight excluding hydrogens is 322 g/mol. The molecule has 5 nitrogen and oxygen atoms in total. The van der Waals surface area contributed by atoms with E-state index in [9.17, 15) is 0 Å². The number of hydrogen-bond acceptors (Lipinski definition) is 5. The Kier molecular flexibility index (Phi) is 4.14. The van der Waals surface area contributed by atoms with Crippen LogP contribution in [0.15, 0.2) is 33.3 Å². The van der Waals surface area contributed by atoms with Crippen LogP contribution in [0.5, 0.6) is 0 Å². The van der Waals surface area contributed by atoms with Gasteiger partial charge in [0.15, 0.2) is 0 Å². The molecule has 1 atom stereocenters. The standard InChI is InChI=1S/C14H16BrN3O2/c1-10-16-14(17-20-10)13-9-18(6-7-19-13)8-11-2-4-12(15)5-3-11/h2-5,13H,6-9H2,1H3/t13-/m0/s1. The average Bonchev–Trinajstić information content (AvgIpc) is 2.89. The summed E-state index contributed by atoms with van der Waals surface area (Å²) in [6, 6.07) is 8.39. The maximum absolute atomic E-state index is 5.73. The Hall–Kier alpha value is -1.24. The van der Waals surface area contributed by atoms with Gasteiger partial charge in [-0.05, 0) is 17.7 Å². The second-order valence-corrected chi connectivity index (χ2v) is 5.81. The van der Waals surface area contributed by atoms with Crippen molar-refractivity contribution in [2.45, 2.75) is 19.6 Å². The van der Waals surface area contributed by atoms with Crippen molar-refractivity contribution in [1.82, 2.24) is 15.0 Å². The van der Waals surface area contributed by atoms with E-state index in [1.54, 1.807) is 6.92 Å². The van der Waals surface area contributed by atoms with Gasteiger partial charge < -0.3 is 9.26 Å². The molecule has 0 spiro atoms. The highest BCUT2D eigenvalue weighted by Gasteiger charge is 2.25. The predicted molar refractivity (Wildman–Crippen MR) is 77.1 cm³/mol. The second kappa shape index (κ2) is 6.03. The van der Waals surface area contributed by atoms with Crippen LogP contribution in [0.4, 0.5) is 0 Å². The smallest absolute Gasteiger partial charge is 0.223 e. The molecule has 1 fully saturated rings. The molecule has 0 amide bonds. The number of aryl methyl sites for hydroxylation is 1. The number of rotatable bonds is 3. The van der Waals surface area contributed by atoms with Gasteiger partial charge in [-0.3, -0.25) is 4.90 Å². The first-order chi connectivity index (χ1) is 9.70. The molecule has 6 heteroatoms. The molecule has 2 aromatic rings. The lowest BCUT2D eigenvalue weighted by atomic mass is 10.2. The minimum Gasteiger partial charge on any atom is -0.367 e. The van der Waals surface area contributed by atoms with Crippen LogP contribution in [0.25, 0.3) is 0 Å². The van der Waals surface area contributed by atoms with Crippen molar-refractivity contribution in [2.75, 3.05) is 19.7 Å². The van der Waals surface area contributed by atoms with E-state index in [0.29, 0.717) is 18.3 Å². The topological polar surface area (TPSA) is 51.4 Å². The van der Waals surface area contributed by atoms with E-state index in [-0.39, 0.29) is 6.10 Å². The summed E-state index contributed by atoms with van der Waals surface area (Å²) >= 11 is 3.45. The van der Waals surface area contributed by atoms with Crippen LogP contribution in [-0.2, 0) is 11.3 Å². The SMILES string of the molecule is Cc1nc([C@@H]2CN(Cc3ccc(Br)cc3)CCO2)no1. The monoisotopic (exact) mass is 337 g/mol. The zero-order valence-corrected chi connectivity index (χ0v) is 12.8. The molecule has 1 aliphatic rings. The molecule has 0 N–H and O–H groups in total. The molecule has 1 aromatic heterocycles. The summed E-state index contributed by atoms with van der Waals surface area (Å²) in [7, 11) is 0. The molecule has 1 aromatic carbocycles. The highest BCUT2D eigenvalue weighted by atomic mass is 79.9. The fraction of sp³-hybridized carbons (Fsp3) is 0.429. The number of ether oxygens (including phenoxy) is 1. The van der Waals surface area contributed by atoms with Crippen molar-refractivity contribution in [3.8, 4) is 0 Å². The molecule has 106 valence electrons. The first kappa shape index (κ1) is 13.7. The molecule has 3 rings (SSSR count). The average molecular weight is 338 g/mol. The first-order valence-electron chi connectivity index (χ1n) is 6.59. The van der Waals surface area contributed by atoms with Crippen LogP contribution in [0.1, 0.15) is 23.4 Å². The molecule has 0 radical (unpaired) electrons. The van der Waals surface area contributed by atoms with E-state index >= 15 is 0 Å². The van der Waals surface area contributed by atoms with E-state index in [2.05, 4.69) is 55.2 Å². The maximum atomic E-state index is 5.73. The Morgan fingerprint density at radius 1 is 1.35 bits per heavy atom. The summed E-state index contributed by atoms with van der Waals surface area (Å²) in [6.45, 7) is 5.09. The van der Waals surface area contributed by atoms with Crippen molar-refractivity contribution in [1.29, 1.82) is 0 Å². The molecule has 20 heavy (non-hydrogen) atoms. The zero-order chi connectivity index (χ0) is 13.9. The van der Waals surface area contributed by atoms with Crippen LogP contribution < -0.4 is 0 Å². The summed E-state index contributed by atoms with van der Waals surface area (Å²) < 4.78 is 11.9. The minimum atomic E-state index is -0.100. The van der Waals surface area contributed by atoms with E-state index < -0.39 is 0 Å². The number of halogens is 1. The predicted octanol–water partition coefficient (Wildman–Crippen LogP) is 2.71. The molecule has 0 bridgehead atoms. The minimum absolute atomic E-state index is 0.100. The first-order valence-corrected chi connectivity index (χ1v) is 7.38. The van der Waals surface area contributed by atoms with Gasteiger partial charge in [-0.25, -0.2) is 0 Å². The Labute approximate surface area is 126 Å². The van der Waals surface area contributed by atoms with Crippen LogP contribution in [-0.4, -0.2) is 34.7 Å². The largest absolute Gasteiger partial charge is 0.367 e. The van der Waals surface area contributed by atoms with Gasteiger partial charge in [-0.15, -0.1) is 0 Å². The van der Waals surface area contributed by atoms with Gasteiger partial charge in [0, 0.05) is 31.0 Å². The van der Waals surface area contributed by atoms with Gasteiger partial charge in [-0.2, -0.15) is 4.98 Å². The van der Waals surface area contributed by atoms with Gasteiger partial charge in [0.25, 0.3) is 0 Å². The Bertz CT molecular complexity index is 570. The van der Waals surface area contributed by atoms with Gasteiger partial charge in [-0.1, -0.05) is 33.2 Å². The molecule has 1 aliphatic heterocycles. The molecule has 1 saturated heterocycles. The third-order valence-electron chi connectivity index (χ3n) is 3.30. The van der Waals surface area contributed by atoms with Crippen molar-refractivity contribution in [3.05, 3.63) is 46.0 Å². The van der Waals surface area contributed by atoms with Crippen molar-refractivity contribution < 1.29 is 9.26 Å². The molecule has 0 unspecified atom stereocenters. The molecule has 0 aliphatic carbocycles. The van der Waals surface area contributed by atoms with E-state index in [1.165, 1.54) is 5.56 Å². The third kappa shape index (κ3) is 3.26. The maximum Gasteiger partial charge on any atom is 0.223 e. The zero-order valence-electron chi connectivity index (χ0n) is 11.3. The van der Waals surface area contributed by atoms with E-state index in [0.717, 1.165) is 24.1 Å². The Morgan fingerprint density at radius 3 is 2.85 bits per heavy atom. The number of morpholine rings is 1. The van der Waals surface area contributed by atoms with Crippen LogP contribution in [0.2, 0.25) is 0 Å². The van der Waals surface area contributed by atoms with Gasteiger partial charge in [0.2, 0.25) is 11.7 Å². The lowest BCUT2D eigenvalue weighted by molar-refractivity contribution is -0.0380. The number of benzene rings is 1. The fourth-order valence-electron chi connectivity index (χ4n) is 2.30. The quantitative estimate of drug-likeness (QED) is 0.861. The third-order valence-corrected chi connectivity index (χ3v) is 3.83. The highest BCUT2D eigenvalue weighted by Crippen LogP contribution is 2.21. The van der Waals surface area contributed by atoms with Crippen molar-refractivity contribution in [3.63, 3.8) is 0 Å². The van der Waals surface area contributed by atoms with Crippen molar-refractivity contribution >= 4 is 15.9 Å². The number of hydrogen-bond donors (Lipinski definition) is 0. The molecule has 0 saturated carbocycles. The van der Waals surface area contributed by atoms with Gasteiger partial charge in [0.1, 0.15) is 6.10 Å². The van der Waals surface area contributed by atoms with Crippen LogP contribution in [0, 0.1) is 6.92 Å². The molecule has 2 heterocycles. The van der Waals surface area contributed by atoms with Crippen LogP contribution in [0.3, 0.4) is 0 Å². The number of nitrogens with zero attached hydrogens (tertiary/aromatic N) is 3. The Morgan fingerprint density at radius 2 is 2.15 bits per heavy atom. The summed E-state index contributed by atoms with van der Waals surface area (Å²) in [5, 5.41) is 3.95. The summed E-state index contributed by atoms with van der Waals surface area (Å²) in [5.41, 5.74) is 1.29. The summed E-state index contributed by atoms with van der Waals surface area (Å²) in [6.07, 6.45) is -0.100. The summed E-state index contributed by atoms with van der Waals surface area (Å²) in [5.74, 6) is 1.22. The highest BCUT2D eigenvalue weighted by molar-refractivity contribution is 9.10. The van der Waals surface area contributed by atoms with Crippen molar-refractivity contribution in [2.24, 2.45) is 0 Å². The lowest BCUT2D eigenvalue weighted by Gasteiger charge is -2.31. The normalized spacial score (nSPS) is 20.2. The fourth-order valence-corrected chi connectivity index (χ4v) is 2.56.